The number of benzene rings is 2. The number of nitrogens with one attached hydrogen (secondary N) is 1. The molecule has 1 saturated carbocycles. The average Bonchev–Trinajstić information content (AvgIpc) is 2.89. The summed E-state index contributed by atoms with van der Waals surface area (Å²) in [7, 11) is -1.40. The standard InChI is InChI=1S/C27H36ClFN4O4S/c1-4-25(27(35)30-23-8-6-5-7-9-23)32(18-20-10-12-21(28)13-11-20)26(34)19-33(38(36,37)31(2)3)24-16-14-22(29)15-17-24/h10-17,23,25H,4-9,18-19H2,1-3H3,(H,30,35). The summed E-state index contributed by atoms with van der Waals surface area (Å²) in [6, 6.07) is 11.1. The molecule has 0 radical (unpaired) electrons. The Morgan fingerprint density at radius 2 is 1.63 bits per heavy atom. The minimum Gasteiger partial charge on any atom is -0.352 e. The van der Waals surface area contributed by atoms with E-state index >= 15 is 0 Å². The highest BCUT2D eigenvalue weighted by Crippen LogP contribution is 2.23. The van der Waals surface area contributed by atoms with Gasteiger partial charge in [-0.05, 0) is 61.2 Å². The van der Waals surface area contributed by atoms with E-state index in [4.69, 9.17) is 11.6 Å². The fourth-order valence-corrected chi connectivity index (χ4v) is 5.76. The summed E-state index contributed by atoms with van der Waals surface area (Å²) >= 11 is 6.04. The Labute approximate surface area is 229 Å². The van der Waals surface area contributed by atoms with Gasteiger partial charge in [0.05, 0.1) is 5.69 Å². The van der Waals surface area contributed by atoms with Crippen LogP contribution >= 0.6 is 11.6 Å². The van der Waals surface area contributed by atoms with Crippen molar-refractivity contribution in [3.8, 4) is 0 Å². The molecule has 0 aliphatic heterocycles. The fourth-order valence-electron chi connectivity index (χ4n) is 4.57. The van der Waals surface area contributed by atoms with Crippen LogP contribution in [0.15, 0.2) is 48.5 Å². The molecule has 0 bridgehead atoms. The number of halogens is 2. The molecule has 0 spiro atoms. The van der Waals surface area contributed by atoms with E-state index in [0.717, 1.165) is 58.4 Å². The Balaban J connectivity index is 1.94. The summed E-state index contributed by atoms with van der Waals surface area (Å²) < 4.78 is 41.9. The van der Waals surface area contributed by atoms with Crippen LogP contribution in [0.3, 0.4) is 0 Å². The molecule has 1 atom stereocenters. The van der Waals surface area contributed by atoms with Crippen molar-refractivity contribution in [2.75, 3.05) is 24.9 Å². The van der Waals surface area contributed by atoms with E-state index in [0.29, 0.717) is 11.4 Å². The van der Waals surface area contributed by atoms with E-state index in [1.165, 1.54) is 31.1 Å². The van der Waals surface area contributed by atoms with Crippen LogP contribution in [-0.4, -0.2) is 62.2 Å². The van der Waals surface area contributed by atoms with E-state index in [2.05, 4.69) is 5.32 Å². The van der Waals surface area contributed by atoms with Crippen molar-refractivity contribution in [3.63, 3.8) is 0 Å². The van der Waals surface area contributed by atoms with E-state index in [9.17, 15) is 22.4 Å². The molecule has 1 aliphatic carbocycles. The van der Waals surface area contributed by atoms with Crippen LogP contribution in [0.25, 0.3) is 0 Å². The van der Waals surface area contributed by atoms with Gasteiger partial charge in [0.15, 0.2) is 0 Å². The quantitative estimate of drug-likeness (QED) is 0.438. The summed E-state index contributed by atoms with van der Waals surface area (Å²) in [6.45, 7) is 1.35. The Morgan fingerprint density at radius 3 is 2.18 bits per heavy atom. The molecule has 2 amide bonds. The van der Waals surface area contributed by atoms with Gasteiger partial charge in [0.2, 0.25) is 11.8 Å². The summed E-state index contributed by atoms with van der Waals surface area (Å²) in [5, 5.41) is 3.64. The lowest BCUT2D eigenvalue weighted by Crippen LogP contribution is -2.54. The van der Waals surface area contributed by atoms with Crippen LogP contribution in [0.4, 0.5) is 10.1 Å². The zero-order chi connectivity index (χ0) is 27.9. The first-order valence-electron chi connectivity index (χ1n) is 12.8. The molecule has 1 N–H and O–H groups in total. The van der Waals surface area contributed by atoms with Crippen molar-refractivity contribution in [2.45, 2.75) is 64.1 Å². The maximum Gasteiger partial charge on any atom is 0.304 e. The number of hydrogen-bond acceptors (Lipinski definition) is 4. The number of amides is 2. The van der Waals surface area contributed by atoms with Gasteiger partial charge in [-0.3, -0.25) is 9.59 Å². The van der Waals surface area contributed by atoms with Crippen LogP contribution in [0, 0.1) is 5.82 Å². The predicted octanol–water partition coefficient (Wildman–Crippen LogP) is 4.35. The summed E-state index contributed by atoms with van der Waals surface area (Å²) in [5.74, 6) is -1.34. The highest BCUT2D eigenvalue weighted by Gasteiger charge is 2.34. The molecule has 0 heterocycles. The number of nitrogens with zero attached hydrogens (tertiary/aromatic N) is 3. The van der Waals surface area contributed by atoms with Crippen molar-refractivity contribution < 1.29 is 22.4 Å². The van der Waals surface area contributed by atoms with Crippen molar-refractivity contribution in [1.29, 1.82) is 0 Å². The van der Waals surface area contributed by atoms with Crippen LogP contribution in [0.2, 0.25) is 5.02 Å². The van der Waals surface area contributed by atoms with E-state index < -0.39 is 34.5 Å². The molecule has 0 aromatic heterocycles. The third kappa shape index (κ3) is 7.68. The van der Waals surface area contributed by atoms with Crippen molar-refractivity contribution in [1.82, 2.24) is 14.5 Å². The molecule has 1 aliphatic rings. The number of carbonyl (C=O) groups is 2. The molecule has 3 rings (SSSR count). The first-order valence-corrected chi connectivity index (χ1v) is 14.6. The summed E-state index contributed by atoms with van der Waals surface area (Å²) in [4.78, 5) is 28.7. The molecule has 2 aromatic carbocycles. The first kappa shape index (κ1) is 29.9. The van der Waals surface area contributed by atoms with Gasteiger partial charge in [-0.25, -0.2) is 8.70 Å². The van der Waals surface area contributed by atoms with Crippen LogP contribution in [0.1, 0.15) is 51.0 Å². The van der Waals surface area contributed by atoms with Gasteiger partial charge >= 0.3 is 10.2 Å². The lowest BCUT2D eigenvalue weighted by molar-refractivity contribution is -0.140. The molecule has 1 fully saturated rings. The van der Waals surface area contributed by atoms with E-state index in [1.54, 1.807) is 24.3 Å². The fraction of sp³-hybridized carbons (Fsp3) is 0.481. The van der Waals surface area contributed by atoms with Gasteiger partial charge in [-0.1, -0.05) is 49.9 Å². The lowest BCUT2D eigenvalue weighted by atomic mass is 9.95. The maximum atomic E-state index is 13.9. The Bertz CT molecular complexity index is 1190. The van der Waals surface area contributed by atoms with Crippen molar-refractivity contribution in [3.05, 3.63) is 64.9 Å². The van der Waals surface area contributed by atoms with Gasteiger partial charge in [-0.15, -0.1) is 0 Å². The van der Waals surface area contributed by atoms with E-state index in [-0.39, 0.29) is 24.2 Å². The second-order valence-corrected chi connectivity index (χ2v) is 12.2. The van der Waals surface area contributed by atoms with Crippen LogP contribution in [-0.2, 0) is 26.3 Å². The number of carbonyl (C=O) groups excluding carboxylic acids is 2. The minimum atomic E-state index is -4.11. The molecule has 1 unspecified atom stereocenters. The largest absolute Gasteiger partial charge is 0.352 e. The zero-order valence-electron chi connectivity index (χ0n) is 22.1. The highest BCUT2D eigenvalue weighted by atomic mass is 35.5. The Hall–Kier alpha value is -2.69. The van der Waals surface area contributed by atoms with Gasteiger partial charge in [0.1, 0.15) is 18.4 Å². The first-order chi connectivity index (χ1) is 18.0. The van der Waals surface area contributed by atoms with E-state index in [1.807, 2.05) is 6.92 Å². The monoisotopic (exact) mass is 566 g/mol. The number of anilines is 1. The summed E-state index contributed by atoms with van der Waals surface area (Å²) in [6.07, 6.45) is 5.37. The molecule has 11 heteroatoms. The third-order valence-electron chi connectivity index (χ3n) is 6.74. The SMILES string of the molecule is CCC(C(=O)NC1CCCCC1)N(Cc1ccc(Cl)cc1)C(=O)CN(c1ccc(F)cc1)S(=O)(=O)N(C)C. The minimum absolute atomic E-state index is 0.0580. The predicted molar refractivity (Wildman–Crippen MR) is 147 cm³/mol. The van der Waals surface area contributed by atoms with Crippen molar-refractivity contribution in [2.24, 2.45) is 0 Å². The topological polar surface area (TPSA) is 90.0 Å². The highest BCUT2D eigenvalue weighted by molar-refractivity contribution is 7.90. The lowest BCUT2D eigenvalue weighted by Gasteiger charge is -2.35. The Kier molecular flexibility index (Phi) is 10.5. The molecule has 0 saturated heterocycles. The molecule has 38 heavy (non-hydrogen) atoms. The second kappa shape index (κ2) is 13.4. The van der Waals surface area contributed by atoms with Gasteiger partial charge in [0.25, 0.3) is 0 Å². The maximum absolute atomic E-state index is 13.9. The summed E-state index contributed by atoms with van der Waals surface area (Å²) in [5.41, 5.74) is 0.884. The van der Waals surface area contributed by atoms with Gasteiger partial charge in [0, 0.05) is 31.7 Å². The Morgan fingerprint density at radius 1 is 1.03 bits per heavy atom. The average molecular weight is 567 g/mol. The van der Waals surface area contributed by atoms with Gasteiger partial charge < -0.3 is 10.2 Å². The molecular weight excluding hydrogens is 531 g/mol. The number of rotatable bonds is 11. The van der Waals surface area contributed by atoms with Crippen LogP contribution < -0.4 is 9.62 Å². The van der Waals surface area contributed by atoms with Crippen molar-refractivity contribution >= 4 is 39.3 Å². The third-order valence-corrected chi connectivity index (χ3v) is 8.81. The van der Waals surface area contributed by atoms with Crippen LogP contribution in [0.5, 0.6) is 0 Å². The smallest absolute Gasteiger partial charge is 0.304 e. The van der Waals surface area contributed by atoms with Gasteiger partial charge in [-0.2, -0.15) is 12.7 Å². The molecule has 2 aromatic rings. The molecular formula is C27H36ClFN4O4S. The molecule has 8 nitrogen and oxygen atoms in total. The number of hydrogen-bond donors (Lipinski definition) is 1. The second-order valence-electron chi connectivity index (χ2n) is 9.69. The normalized spacial score (nSPS) is 15.2. The zero-order valence-corrected chi connectivity index (χ0v) is 23.6. The molecule has 208 valence electrons.